The molecule has 3 aliphatic heterocycles. The van der Waals surface area contributed by atoms with Crippen LogP contribution in [-0.2, 0) is 0 Å². The maximum atomic E-state index is 13.7. The van der Waals surface area contributed by atoms with Gasteiger partial charge in [-0.15, -0.1) is 4.59 Å². The van der Waals surface area contributed by atoms with Gasteiger partial charge in [-0.3, -0.25) is 0 Å². The molecule has 0 aromatic heterocycles. The lowest BCUT2D eigenvalue weighted by Gasteiger charge is -2.42. The summed E-state index contributed by atoms with van der Waals surface area (Å²) in [5.41, 5.74) is 4.20. The number of rotatable bonds is 1. The van der Waals surface area contributed by atoms with E-state index in [4.69, 9.17) is 9.84 Å². The number of halogens is 1. The van der Waals surface area contributed by atoms with Crippen molar-refractivity contribution in [3.8, 4) is 5.75 Å². The third-order valence-electron chi connectivity index (χ3n) is 6.26. The highest BCUT2D eigenvalue weighted by Gasteiger charge is 2.54. The number of ether oxygens (including phenoxy) is 1. The molecule has 5 rings (SSSR count). The smallest absolute Gasteiger partial charge is 0.376 e. The highest BCUT2D eigenvalue weighted by atomic mass is 79.9. The second-order valence-corrected chi connectivity index (χ2v) is 8.93. The summed E-state index contributed by atoms with van der Waals surface area (Å²) in [4.78, 5) is 13.7. The number of aryl methyl sites for hydroxylation is 1. The number of fused-ring (bicyclic) bond motifs is 3. The highest BCUT2D eigenvalue weighted by molar-refractivity contribution is 9.10. The fourth-order valence-corrected chi connectivity index (χ4v) is 4.89. The summed E-state index contributed by atoms with van der Waals surface area (Å²) in [6.45, 7) is 3.76. The lowest BCUT2D eigenvalue weighted by atomic mass is 9.80. The zero-order valence-corrected chi connectivity index (χ0v) is 18.1. The largest absolute Gasteiger partial charge is 0.481 e. The van der Waals surface area contributed by atoms with Crippen LogP contribution in [0.4, 0.5) is 0 Å². The Balaban J connectivity index is 1.68. The maximum Gasteiger partial charge on any atom is 0.376 e. The average molecular weight is 453 g/mol. The van der Waals surface area contributed by atoms with Gasteiger partial charge < -0.3 is 10.1 Å². The predicted molar refractivity (Wildman–Crippen MR) is 117 cm³/mol. The van der Waals surface area contributed by atoms with E-state index in [1.165, 1.54) is 0 Å². The van der Waals surface area contributed by atoms with Crippen LogP contribution in [0.15, 0.2) is 57.6 Å². The van der Waals surface area contributed by atoms with Crippen molar-refractivity contribution in [3.63, 3.8) is 0 Å². The summed E-state index contributed by atoms with van der Waals surface area (Å²) in [7, 11) is 1.88. The fourth-order valence-electron chi connectivity index (χ4n) is 4.64. The van der Waals surface area contributed by atoms with Crippen LogP contribution in [-0.4, -0.2) is 42.5 Å². The number of nitrogens with one attached hydrogen (secondary N) is 1. The number of benzene rings is 2. The normalized spacial score (nSPS) is 24.2. The molecule has 29 heavy (non-hydrogen) atoms. The van der Waals surface area contributed by atoms with Gasteiger partial charge in [0.25, 0.3) is 0 Å². The molecule has 0 aliphatic carbocycles. The minimum Gasteiger partial charge on any atom is -0.481 e. The van der Waals surface area contributed by atoms with Crippen LogP contribution in [0.2, 0.25) is 0 Å². The van der Waals surface area contributed by atoms with Gasteiger partial charge in [0.2, 0.25) is 0 Å². The molecule has 148 valence electrons. The number of nitrogens with zero attached hydrogens (tertiary/aromatic N) is 2. The molecule has 5 nitrogen and oxygen atoms in total. The summed E-state index contributed by atoms with van der Waals surface area (Å²) in [6.07, 6.45) is 3.59. The topological polar surface area (TPSA) is 50.7 Å². The Labute approximate surface area is 178 Å². The highest BCUT2D eigenvalue weighted by Crippen LogP contribution is 2.50. The molecule has 1 saturated heterocycles. The van der Waals surface area contributed by atoms with Crippen LogP contribution in [0.1, 0.15) is 34.3 Å². The van der Waals surface area contributed by atoms with E-state index in [1.54, 1.807) is 0 Å². The predicted octanol–water partition coefficient (Wildman–Crippen LogP) is 4.27. The zero-order chi connectivity index (χ0) is 20.2. The molecule has 1 amide bonds. The fraction of sp³-hybridized carbons (Fsp3) is 0.304. The lowest BCUT2D eigenvalue weighted by molar-refractivity contribution is -0.758. The molecule has 1 spiro atoms. The number of amides is 1. The molecule has 2 aromatic carbocycles. The number of carbonyl (C=O) groups is 1. The van der Waals surface area contributed by atoms with Gasteiger partial charge in [-0.2, -0.15) is 0 Å². The van der Waals surface area contributed by atoms with Crippen LogP contribution < -0.4 is 10.1 Å². The van der Waals surface area contributed by atoms with E-state index >= 15 is 0 Å². The van der Waals surface area contributed by atoms with Crippen molar-refractivity contribution in [3.05, 3.63) is 69.2 Å². The summed E-state index contributed by atoms with van der Waals surface area (Å²) in [5, 5.41) is 8.18. The lowest BCUT2D eigenvalue weighted by Crippen LogP contribution is -2.51. The molecule has 1 N–H and O–H groups in total. The quantitative estimate of drug-likeness (QED) is 0.657. The Kier molecular flexibility index (Phi) is 4.28. The molecule has 1 atom stereocenters. The third-order valence-corrected chi connectivity index (χ3v) is 7.15. The molecular formula is C23H23BrN3O2+. The Morgan fingerprint density at radius 3 is 2.72 bits per heavy atom. The Bertz CT molecular complexity index is 1090. The van der Waals surface area contributed by atoms with Crippen LogP contribution in [0.5, 0.6) is 5.75 Å². The molecule has 1 unspecified atom stereocenters. The number of hydrogen-bond donors (Lipinski definition) is 1. The third kappa shape index (κ3) is 2.74. The summed E-state index contributed by atoms with van der Waals surface area (Å²) in [5.74, 6) is 0.797. The molecular weight excluding hydrogens is 430 g/mol. The number of piperidine rings is 1. The first-order chi connectivity index (χ1) is 13.9. The van der Waals surface area contributed by atoms with Crippen molar-refractivity contribution < 1.29 is 14.1 Å². The van der Waals surface area contributed by atoms with Crippen LogP contribution in [0.25, 0.3) is 5.70 Å². The van der Waals surface area contributed by atoms with Gasteiger partial charge in [0.05, 0.1) is 22.9 Å². The van der Waals surface area contributed by atoms with Crippen molar-refractivity contribution in [2.45, 2.75) is 25.4 Å². The Hall–Kier alpha value is -2.28. The van der Waals surface area contributed by atoms with Gasteiger partial charge in [-0.25, -0.2) is 4.79 Å². The summed E-state index contributed by atoms with van der Waals surface area (Å²) >= 11 is 3.52. The standard InChI is InChI=1S/C23H23BrN3O2/c1-15-13-16(7-8-19(15)24)22(28)27(2)21-17-5-3-4-6-20(17)29-23(18(21)14-26-27)9-11-25-12-10-23/h3-8,13-14,25H,9-12H2,1-2H3/q+1. The average Bonchev–Trinajstić information content (AvgIpc) is 3.10. The van der Waals surface area contributed by atoms with Crippen molar-refractivity contribution in [2.75, 3.05) is 20.1 Å². The van der Waals surface area contributed by atoms with Crippen molar-refractivity contribution in [2.24, 2.45) is 5.10 Å². The van der Waals surface area contributed by atoms with E-state index in [2.05, 4.69) is 21.2 Å². The monoisotopic (exact) mass is 452 g/mol. The molecule has 2 aromatic rings. The Morgan fingerprint density at radius 2 is 1.97 bits per heavy atom. The van der Waals surface area contributed by atoms with Crippen LogP contribution in [0.3, 0.4) is 0 Å². The van der Waals surface area contributed by atoms with E-state index < -0.39 is 5.60 Å². The van der Waals surface area contributed by atoms with Crippen LogP contribution >= 0.6 is 15.9 Å². The molecule has 0 saturated carbocycles. The maximum absolute atomic E-state index is 13.7. The molecule has 3 aliphatic rings. The molecule has 1 fully saturated rings. The summed E-state index contributed by atoms with van der Waals surface area (Å²) < 4.78 is 7.44. The van der Waals surface area contributed by atoms with Gasteiger partial charge in [0.1, 0.15) is 18.4 Å². The number of para-hydroxylation sites is 1. The minimum atomic E-state index is -0.426. The second kappa shape index (κ2) is 6.62. The summed E-state index contributed by atoms with van der Waals surface area (Å²) in [6, 6.07) is 13.7. The second-order valence-electron chi connectivity index (χ2n) is 8.08. The zero-order valence-electron chi connectivity index (χ0n) is 16.5. The minimum absolute atomic E-state index is 0.0392. The molecule has 0 bridgehead atoms. The molecule has 6 heteroatoms. The van der Waals surface area contributed by atoms with Crippen LogP contribution in [0, 0.1) is 6.92 Å². The van der Waals surface area contributed by atoms with Crippen molar-refractivity contribution >= 4 is 33.7 Å². The van der Waals surface area contributed by atoms with E-state index in [0.717, 1.165) is 58.6 Å². The Morgan fingerprint density at radius 1 is 1.21 bits per heavy atom. The number of quaternary nitrogens is 1. The first kappa shape index (κ1) is 18.7. The molecule has 3 heterocycles. The van der Waals surface area contributed by atoms with Gasteiger partial charge in [0, 0.05) is 17.3 Å². The van der Waals surface area contributed by atoms with Gasteiger partial charge in [-0.05, 0) is 55.9 Å². The number of hydrogen-bond acceptors (Lipinski definition) is 4. The number of carbonyl (C=O) groups excluding carboxylic acids is 1. The van der Waals surface area contributed by atoms with Gasteiger partial charge in [-0.1, -0.05) is 33.2 Å². The van der Waals surface area contributed by atoms with E-state index in [9.17, 15) is 4.79 Å². The van der Waals surface area contributed by atoms with E-state index in [1.807, 2.05) is 62.7 Å². The SMILES string of the molecule is Cc1cc(C(=O)[N+]2(C)N=CC3=C2c2ccccc2OC32CCNCC2)ccc1Br. The van der Waals surface area contributed by atoms with E-state index in [0.29, 0.717) is 5.56 Å². The van der Waals surface area contributed by atoms with Gasteiger partial charge in [0.15, 0.2) is 5.70 Å². The van der Waals surface area contributed by atoms with Crippen molar-refractivity contribution in [1.29, 1.82) is 0 Å². The van der Waals surface area contributed by atoms with Crippen molar-refractivity contribution in [1.82, 2.24) is 5.32 Å². The first-order valence-corrected chi connectivity index (χ1v) is 10.7. The van der Waals surface area contributed by atoms with E-state index in [-0.39, 0.29) is 10.5 Å². The first-order valence-electron chi connectivity index (χ1n) is 9.92. The van der Waals surface area contributed by atoms with Gasteiger partial charge >= 0.3 is 5.91 Å². The molecule has 0 radical (unpaired) electrons.